The molecule has 1 aromatic heterocycles. The molecule has 130 valence electrons. The monoisotopic (exact) mass is 340 g/mol. The average molecular weight is 340 g/mol. The van der Waals surface area contributed by atoms with Crippen LogP contribution in [0.4, 0.5) is 19.0 Å². The molecule has 1 saturated heterocycles. The Bertz CT molecular complexity index is 707. The Kier molecular flexibility index (Phi) is 4.86. The number of alkyl halides is 3. The molecular formula is C16H19F3N4O. The summed E-state index contributed by atoms with van der Waals surface area (Å²) in [5.74, 6) is -0.772. The highest BCUT2D eigenvalue weighted by molar-refractivity contribution is 5.89. The second-order valence-electron chi connectivity index (χ2n) is 5.79. The quantitative estimate of drug-likeness (QED) is 0.928. The first-order valence-electron chi connectivity index (χ1n) is 7.91. The summed E-state index contributed by atoms with van der Waals surface area (Å²) in [6, 6.07) is 6.77. The Morgan fingerprint density at radius 1 is 1.04 bits per heavy atom. The van der Waals surface area contributed by atoms with Crippen molar-refractivity contribution in [3.05, 3.63) is 30.1 Å². The van der Waals surface area contributed by atoms with Crippen LogP contribution in [0.25, 0.3) is 10.9 Å². The number of β-amino-alcohol motifs (C(OH)–C–C–N with tert-alkyl or cyclic N) is 1. The van der Waals surface area contributed by atoms with Crippen LogP contribution < -0.4 is 4.90 Å². The average Bonchev–Trinajstić information content (AvgIpc) is 2.79. The number of fused-ring (bicyclic) bond motifs is 1. The van der Waals surface area contributed by atoms with Crippen LogP contribution in [-0.2, 0) is 6.18 Å². The van der Waals surface area contributed by atoms with E-state index < -0.39 is 12.0 Å². The fourth-order valence-corrected chi connectivity index (χ4v) is 2.98. The van der Waals surface area contributed by atoms with Gasteiger partial charge in [0, 0.05) is 31.6 Å². The van der Waals surface area contributed by atoms with Gasteiger partial charge in [0.2, 0.25) is 5.82 Å². The fraction of sp³-hybridized carbons (Fsp3) is 0.500. The van der Waals surface area contributed by atoms with E-state index in [1.807, 2.05) is 4.90 Å². The molecule has 5 nitrogen and oxygen atoms in total. The van der Waals surface area contributed by atoms with Crippen LogP contribution in [0.3, 0.4) is 0 Å². The maximum absolute atomic E-state index is 13.1. The third-order valence-electron chi connectivity index (χ3n) is 4.14. The van der Waals surface area contributed by atoms with Crippen molar-refractivity contribution in [2.75, 3.05) is 44.2 Å². The van der Waals surface area contributed by atoms with Crippen molar-refractivity contribution in [3.8, 4) is 0 Å². The van der Waals surface area contributed by atoms with Crippen LogP contribution in [-0.4, -0.2) is 59.3 Å². The van der Waals surface area contributed by atoms with Gasteiger partial charge < -0.3 is 10.0 Å². The predicted molar refractivity (Wildman–Crippen MR) is 84.9 cm³/mol. The van der Waals surface area contributed by atoms with Crippen molar-refractivity contribution >= 4 is 16.7 Å². The summed E-state index contributed by atoms with van der Waals surface area (Å²) in [4.78, 5) is 11.5. The lowest BCUT2D eigenvalue weighted by Crippen LogP contribution is -2.33. The maximum atomic E-state index is 13.1. The van der Waals surface area contributed by atoms with E-state index in [4.69, 9.17) is 5.11 Å². The SMILES string of the molecule is OCCN1CCCN(c2nc(C(F)(F)F)nc3ccccc23)CC1. The molecule has 3 rings (SSSR count). The first kappa shape index (κ1) is 16.9. The Hall–Kier alpha value is -1.93. The van der Waals surface area contributed by atoms with E-state index in [-0.39, 0.29) is 6.61 Å². The Morgan fingerprint density at radius 2 is 1.83 bits per heavy atom. The molecule has 0 unspecified atom stereocenters. The number of rotatable bonds is 3. The molecule has 0 atom stereocenters. The minimum absolute atomic E-state index is 0.0780. The molecule has 2 heterocycles. The van der Waals surface area contributed by atoms with Crippen molar-refractivity contribution < 1.29 is 18.3 Å². The van der Waals surface area contributed by atoms with Crippen molar-refractivity contribution in [3.63, 3.8) is 0 Å². The number of benzene rings is 1. The highest BCUT2D eigenvalue weighted by Gasteiger charge is 2.36. The molecule has 0 aliphatic carbocycles. The fourth-order valence-electron chi connectivity index (χ4n) is 2.98. The van der Waals surface area contributed by atoms with E-state index in [1.54, 1.807) is 24.3 Å². The number of nitrogens with zero attached hydrogens (tertiary/aromatic N) is 4. The first-order valence-corrected chi connectivity index (χ1v) is 7.91. The van der Waals surface area contributed by atoms with Crippen LogP contribution in [0.2, 0.25) is 0 Å². The van der Waals surface area contributed by atoms with E-state index >= 15 is 0 Å². The number of hydrogen-bond donors (Lipinski definition) is 1. The minimum atomic E-state index is -4.58. The second kappa shape index (κ2) is 6.90. The van der Waals surface area contributed by atoms with E-state index in [1.165, 1.54) is 0 Å². The minimum Gasteiger partial charge on any atom is -0.395 e. The zero-order valence-electron chi connectivity index (χ0n) is 13.1. The topological polar surface area (TPSA) is 52.5 Å². The second-order valence-corrected chi connectivity index (χ2v) is 5.79. The third kappa shape index (κ3) is 3.59. The molecule has 24 heavy (non-hydrogen) atoms. The Morgan fingerprint density at radius 3 is 2.58 bits per heavy atom. The number of para-hydroxylation sites is 1. The van der Waals surface area contributed by atoms with Crippen molar-refractivity contribution in [1.82, 2.24) is 14.9 Å². The van der Waals surface area contributed by atoms with Crippen molar-refractivity contribution in [2.45, 2.75) is 12.6 Å². The lowest BCUT2D eigenvalue weighted by Gasteiger charge is -2.24. The summed E-state index contributed by atoms with van der Waals surface area (Å²) < 4.78 is 39.4. The number of hydrogen-bond acceptors (Lipinski definition) is 5. The van der Waals surface area contributed by atoms with Crippen molar-refractivity contribution in [1.29, 1.82) is 0 Å². The van der Waals surface area contributed by atoms with Gasteiger partial charge in [-0.25, -0.2) is 9.97 Å². The largest absolute Gasteiger partial charge is 0.451 e. The van der Waals surface area contributed by atoms with Gasteiger partial charge in [-0.15, -0.1) is 0 Å². The van der Waals surface area contributed by atoms with E-state index in [0.717, 1.165) is 13.0 Å². The zero-order valence-corrected chi connectivity index (χ0v) is 13.1. The molecule has 0 bridgehead atoms. The smallest absolute Gasteiger partial charge is 0.395 e. The van der Waals surface area contributed by atoms with Crippen LogP contribution in [0.15, 0.2) is 24.3 Å². The molecule has 1 aliphatic rings. The molecule has 8 heteroatoms. The molecule has 1 aliphatic heterocycles. The van der Waals surface area contributed by atoms with Gasteiger partial charge in [-0.3, -0.25) is 4.90 Å². The molecule has 1 fully saturated rings. The van der Waals surface area contributed by atoms with Gasteiger partial charge >= 0.3 is 6.18 Å². The summed E-state index contributed by atoms with van der Waals surface area (Å²) in [5.41, 5.74) is 0.297. The van der Waals surface area contributed by atoms with E-state index in [2.05, 4.69) is 14.9 Å². The van der Waals surface area contributed by atoms with Gasteiger partial charge in [0.1, 0.15) is 5.82 Å². The molecular weight excluding hydrogens is 321 g/mol. The third-order valence-corrected chi connectivity index (χ3v) is 4.14. The van der Waals surface area contributed by atoms with Crippen LogP contribution >= 0.6 is 0 Å². The lowest BCUT2D eigenvalue weighted by atomic mass is 10.2. The van der Waals surface area contributed by atoms with Crippen LogP contribution in [0.5, 0.6) is 0 Å². The van der Waals surface area contributed by atoms with Crippen LogP contribution in [0, 0.1) is 0 Å². The number of aromatic nitrogens is 2. The summed E-state index contributed by atoms with van der Waals surface area (Å²) in [6.07, 6.45) is -3.77. The van der Waals surface area contributed by atoms with Gasteiger partial charge in [0.05, 0.1) is 12.1 Å². The van der Waals surface area contributed by atoms with Crippen molar-refractivity contribution in [2.24, 2.45) is 0 Å². The van der Waals surface area contributed by atoms with E-state index in [0.29, 0.717) is 42.9 Å². The van der Waals surface area contributed by atoms with Gasteiger partial charge in [-0.1, -0.05) is 12.1 Å². The first-order chi connectivity index (χ1) is 11.5. The molecule has 0 saturated carbocycles. The number of anilines is 1. The summed E-state index contributed by atoms with van der Waals surface area (Å²) >= 11 is 0. The molecule has 2 aromatic rings. The predicted octanol–water partition coefficient (Wildman–Crippen LogP) is 2.15. The molecule has 1 N–H and O–H groups in total. The Labute approximate surface area is 137 Å². The van der Waals surface area contributed by atoms with Gasteiger partial charge in [-0.2, -0.15) is 13.2 Å². The van der Waals surface area contributed by atoms with Gasteiger partial charge in [0.15, 0.2) is 0 Å². The summed E-state index contributed by atoms with van der Waals surface area (Å²) in [7, 11) is 0. The molecule has 1 aromatic carbocycles. The van der Waals surface area contributed by atoms with Gasteiger partial charge in [-0.05, 0) is 25.1 Å². The highest BCUT2D eigenvalue weighted by atomic mass is 19.4. The number of aliphatic hydroxyl groups is 1. The Balaban J connectivity index is 1.98. The molecule has 0 spiro atoms. The van der Waals surface area contributed by atoms with Gasteiger partial charge in [0.25, 0.3) is 0 Å². The molecule has 0 amide bonds. The zero-order chi connectivity index (χ0) is 17.2. The number of aliphatic hydroxyl groups excluding tert-OH is 1. The van der Waals surface area contributed by atoms with E-state index in [9.17, 15) is 13.2 Å². The maximum Gasteiger partial charge on any atom is 0.451 e. The van der Waals surface area contributed by atoms with Crippen LogP contribution in [0.1, 0.15) is 12.2 Å². The number of halogens is 3. The molecule has 0 radical (unpaired) electrons. The standard InChI is InChI=1S/C16H19F3N4O/c17-16(18,19)15-20-13-5-2-1-4-12(13)14(21-15)23-7-3-6-22(8-9-23)10-11-24/h1-2,4-5,24H,3,6-11H2. The summed E-state index contributed by atoms with van der Waals surface area (Å²) in [5, 5.41) is 9.69. The normalized spacial score (nSPS) is 17.2. The lowest BCUT2D eigenvalue weighted by molar-refractivity contribution is -0.144. The highest BCUT2D eigenvalue weighted by Crippen LogP contribution is 2.32. The summed E-state index contributed by atoms with van der Waals surface area (Å²) in [6.45, 7) is 3.34.